The number of hydrogen-bond donors (Lipinski definition) is 6. The van der Waals surface area contributed by atoms with Crippen LogP contribution in [0.1, 0.15) is 34.3 Å². The lowest BCUT2D eigenvalue weighted by Gasteiger charge is -2.19. The van der Waals surface area contributed by atoms with Crippen LogP contribution in [0.3, 0.4) is 0 Å². The van der Waals surface area contributed by atoms with Gasteiger partial charge in [0, 0.05) is 29.4 Å². The van der Waals surface area contributed by atoms with Crippen LogP contribution in [0, 0.1) is 0 Å². The van der Waals surface area contributed by atoms with Crippen molar-refractivity contribution in [1.29, 1.82) is 0 Å². The van der Waals surface area contributed by atoms with Crippen LogP contribution in [0.15, 0.2) is 72.8 Å². The van der Waals surface area contributed by atoms with E-state index < -0.39 is 60.6 Å². The van der Waals surface area contributed by atoms with Crippen molar-refractivity contribution in [2.24, 2.45) is 0 Å². The van der Waals surface area contributed by atoms with Crippen LogP contribution < -0.4 is 36.1 Å². The number of aliphatic carboxylic acids is 1. The quantitative estimate of drug-likeness (QED) is 0.0896. The van der Waals surface area contributed by atoms with Crippen molar-refractivity contribution in [2.45, 2.75) is 37.0 Å². The molecule has 15 nitrogen and oxygen atoms in total. The molecule has 284 valence electrons. The molecule has 1 aliphatic carbocycles. The number of halogens is 4. The highest BCUT2D eigenvalue weighted by molar-refractivity contribution is 6.35. The number of amides is 3. The molecular formula is C35H34ClF3N8O7. The van der Waals surface area contributed by atoms with Crippen molar-refractivity contribution in [3.63, 3.8) is 0 Å². The Morgan fingerprint density at radius 1 is 0.907 bits per heavy atom. The Hall–Kier alpha value is -6.17. The number of carboxylic acid groups (broad SMARTS) is 1. The van der Waals surface area contributed by atoms with Gasteiger partial charge in [0.15, 0.2) is 6.61 Å². The first-order chi connectivity index (χ1) is 25.7. The van der Waals surface area contributed by atoms with E-state index >= 15 is 0 Å². The number of nitrogens with zero attached hydrogens (tertiary/aromatic N) is 3. The van der Waals surface area contributed by atoms with E-state index in [4.69, 9.17) is 21.1 Å². The summed E-state index contributed by atoms with van der Waals surface area (Å²) in [4.78, 5) is 61.6. The number of rotatable bonds is 16. The molecule has 0 unspecified atom stereocenters. The molecule has 0 bridgehead atoms. The summed E-state index contributed by atoms with van der Waals surface area (Å²) in [6, 6.07) is 17.6. The fourth-order valence-electron chi connectivity index (χ4n) is 5.12. The first kappa shape index (κ1) is 39.0. The van der Waals surface area contributed by atoms with Gasteiger partial charge in [-0.25, -0.2) is 4.79 Å². The van der Waals surface area contributed by atoms with Crippen LogP contribution >= 0.6 is 11.6 Å². The van der Waals surface area contributed by atoms with Gasteiger partial charge in [-0.1, -0.05) is 41.9 Å². The van der Waals surface area contributed by atoms with Gasteiger partial charge in [-0.05, 0) is 72.9 Å². The third-order valence-electron chi connectivity index (χ3n) is 8.03. The summed E-state index contributed by atoms with van der Waals surface area (Å²) in [7, 11) is 1.51. The molecule has 6 N–H and O–H groups in total. The van der Waals surface area contributed by atoms with Crippen LogP contribution in [-0.4, -0.2) is 82.8 Å². The monoisotopic (exact) mass is 770 g/mol. The molecule has 1 saturated carbocycles. The van der Waals surface area contributed by atoms with E-state index in [0.717, 1.165) is 11.1 Å². The summed E-state index contributed by atoms with van der Waals surface area (Å²) in [5.74, 6) is -3.95. The molecular weight excluding hydrogens is 737 g/mol. The number of alkyl halides is 3. The Morgan fingerprint density at radius 3 is 2.22 bits per heavy atom. The zero-order valence-electron chi connectivity index (χ0n) is 28.5. The lowest BCUT2D eigenvalue weighted by atomic mass is 10.1. The van der Waals surface area contributed by atoms with Crippen LogP contribution in [-0.2, 0) is 26.3 Å². The summed E-state index contributed by atoms with van der Waals surface area (Å²) in [6.45, 7) is -2.12. The van der Waals surface area contributed by atoms with Crippen LogP contribution in [0.2, 0.25) is 5.02 Å². The number of para-hydroxylation sites is 1. The van der Waals surface area contributed by atoms with E-state index in [1.165, 1.54) is 31.4 Å². The summed E-state index contributed by atoms with van der Waals surface area (Å²) >= 11 is 6.02. The van der Waals surface area contributed by atoms with Crippen molar-refractivity contribution < 1.29 is 46.9 Å². The van der Waals surface area contributed by atoms with Gasteiger partial charge >= 0.3 is 30.0 Å². The highest BCUT2D eigenvalue weighted by Gasteiger charge is 2.45. The average Bonchev–Trinajstić information content (AvgIpc) is 3.92. The second-order valence-electron chi connectivity index (χ2n) is 12.0. The largest absolute Gasteiger partial charge is 0.496 e. The van der Waals surface area contributed by atoms with E-state index in [9.17, 15) is 37.5 Å². The average molecular weight is 771 g/mol. The van der Waals surface area contributed by atoms with E-state index in [1.807, 2.05) is 18.2 Å². The highest BCUT2D eigenvalue weighted by Crippen LogP contribution is 2.48. The lowest BCUT2D eigenvalue weighted by Crippen LogP contribution is -2.51. The smallest absolute Gasteiger partial charge is 0.422 e. The van der Waals surface area contributed by atoms with E-state index in [1.54, 1.807) is 30.3 Å². The minimum absolute atomic E-state index is 0.0260. The standard InChI is InChI=1S/C35H34ClF3N8O7/c1-53-26-5-3-2-4-20(26)14-17-40-28(49)29(50)41-18-25(30(51)52)43-27(48)21-6-12-24(13-7-21)42-31-44-32(46-33(45-31)54-19-35(37,38)39)47-34(15-16-34)22-8-10-23(36)11-9-22/h2-13,25H,14-19H2,1H3,(H,40,49)(H,41,50)(H,43,48)(H,51,52)(H2,42,44,45,46,47)/t25-/m0/s1. The number of nitrogens with one attached hydrogen (secondary N) is 5. The minimum Gasteiger partial charge on any atom is -0.496 e. The summed E-state index contributed by atoms with van der Waals surface area (Å²) in [5.41, 5.74) is 1.45. The summed E-state index contributed by atoms with van der Waals surface area (Å²) in [6.07, 6.45) is -2.88. The highest BCUT2D eigenvalue weighted by atomic mass is 35.5. The Labute approximate surface area is 311 Å². The number of anilines is 3. The van der Waals surface area contributed by atoms with E-state index in [-0.39, 0.29) is 24.0 Å². The van der Waals surface area contributed by atoms with Gasteiger partial charge in [-0.2, -0.15) is 28.1 Å². The van der Waals surface area contributed by atoms with Gasteiger partial charge in [0.2, 0.25) is 11.9 Å². The lowest BCUT2D eigenvalue weighted by molar-refractivity contribution is -0.154. The van der Waals surface area contributed by atoms with Gasteiger partial charge in [-0.15, -0.1) is 0 Å². The first-order valence-corrected chi connectivity index (χ1v) is 16.7. The predicted molar refractivity (Wildman–Crippen MR) is 189 cm³/mol. The maximum absolute atomic E-state index is 12.9. The third kappa shape index (κ3) is 10.9. The van der Waals surface area contributed by atoms with Crippen molar-refractivity contribution in [1.82, 2.24) is 30.9 Å². The molecule has 1 heterocycles. The molecule has 3 aromatic carbocycles. The number of carbonyl (C=O) groups is 4. The number of hydrogen-bond acceptors (Lipinski definition) is 11. The Bertz CT molecular complexity index is 1980. The maximum atomic E-state index is 12.9. The molecule has 0 radical (unpaired) electrons. The molecule has 1 aliphatic rings. The SMILES string of the molecule is COc1ccccc1CCNC(=O)C(=O)NC[C@H](NC(=O)c1ccc(Nc2nc(NC3(c4ccc(Cl)cc4)CC3)nc(OCC(F)(F)F)n2)cc1)C(=O)O. The molecule has 0 spiro atoms. The number of methoxy groups -OCH3 is 1. The molecule has 1 fully saturated rings. The molecule has 5 rings (SSSR count). The summed E-state index contributed by atoms with van der Waals surface area (Å²) in [5, 5.41) is 23.1. The topological polar surface area (TPSA) is 206 Å². The normalized spacial score (nSPS) is 13.5. The Balaban J connectivity index is 1.18. The molecule has 1 aromatic heterocycles. The fraction of sp³-hybridized carbons (Fsp3) is 0.286. The molecule has 4 aromatic rings. The van der Waals surface area contributed by atoms with Gasteiger partial charge in [-0.3, -0.25) is 14.4 Å². The fourth-order valence-corrected chi connectivity index (χ4v) is 5.25. The second-order valence-corrected chi connectivity index (χ2v) is 12.4. The first-order valence-electron chi connectivity index (χ1n) is 16.3. The summed E-state index contributed by atoms with van der Waals surface area (Å²) < 4.78 is 48.8. The molecule has 54 heavy (non-hydrogen) atoms. The number of carboxylic acids is 1. The molecule has 0 aliphatic heterocycles. The Morgan fingerprint density at radius 2 is 1.57 bits per heavy atom. The van der Waals surface area contributed by atoms with Crippen molar-refractivity contribution in [3.05, 3.63) is 94.5 Å². The van der Waals surface area contributed by atoms with E-state index in [2.05, 4.69) is 41.5 Å². The van der Waals surface area contributed by atoms with Gasteiger partial charge in [0.25, 0.3) is 5.91 Å². The number of benzene rings is 3. The van der Waals surface area contributed by atoms with Gasteiger partial charge < -0.3 is 41.2 Å². The molecule has 3 amide bonds. The number of carbonyl (C=O) groups excluding carboxylic acids is 3. The third-order valence-corrected chi connectivity index (χ3v) is 8.28. The zero-order chi connectivity index (χ0) is 38.9. The van der Waals surface area contributed by atoms with Crippen molar-refractivity contribution >= 4 is 52.9 Å². The van der Waals surface area contributed by atoms with Gasteiger partial charge in [0.1, 0.15) is 11.8 Å². The number of ether oxygens (including phenoxy) is 2. The Kier molecular flexibility index (Phi) is 12.4. The van der Waals surface area contributed by atoms with Crippen molar-refractivity contribution in [3.8, 4) is 11.8 Å². The van der Waals surface area contributed by atoms with Crippen LogP contribution in [0.5, 0.6) is 11.8 Å². The predicted octanol–water partition coefficient (Wildman–Crippen LogP) is 3.98. The van der Waals surface area contributed by atoms with E-state index in [0.29, 0.717) is 35.7 Å². The van der Waals surface area contributed by atoms with Gasteiger partial charge in [0.05, 0.1) is 12.6 Å². The van der Waals surface area contributed by atoms with Crippen LogP contribution in [0.25, 0.3) is 0 Å². The molecule has 19 heteroatoms. The van der Waals surface area contributed by atoms with Crippen LogP contribution in [0.4, 0.5) is 30.8 Å². The zero-order valence-corrected chi connectivity index (χ0v) is 29.3. The molecule has 0 saturated heterocycles. The second kappa shape index (κ2) is 17.1. The maximum Gasteiger partial charge on any atom is 0.422 e. The number of aromatic nitrogens is 3. The minimum atomic E-state index is -4.65. The molecule has 1 atom stereocenters. The van der Waals surface area contributed by atoms with Crippen molar-refractivity contribution in [2.75, 3.05) is 37.4 Å².